The molecule has 2 aromatic carbocycles. The van der Waals surface area contributed by atoms with Crippen molar-refractivity contribution in [2.75, 3.05) is 19.0 Å². The Hall–Kier alpha value is -2.86. The van der Waals surface area contributed by atoms with Crippen molar-refractivity contribution in [2.45, 2.75) is 13.8 Å². The summed E-state index contributed by atoms with van der Waals surface area (Å²) in [6.45, 7) is 4.86. The van der Waals surface area contributed by atoms with Gasteiger partial charge in [0, 0.05) is 17.3 Å². The number of thiocarbonyl (C=S) groups is 1. The Morgan fingerprint density at radius 2 is 1.85 bits per heavy atom. The molecule has 0 bridgehead atoms. The summed E-state index contributed by atoms with van der Waals surface area (Å²) in [6, 6.07) is 14.8. The average Bonchev–Trinajstić information content (AvgIpc) is 2.66. The summed E-state index contributed by atoms with van der Waals surface area (Å²) in [6.07, 6.45) is 3.09. The topological polar surface area (TPSA) is 59.6 Å². The van der Waals surface area contributed by atoms with Gasteiger partial charge in [-0.3, -0.25) is 10.1 Å². The number of carbonyl (C=O) groups excluding carboxylic acids is 1. The molecule has 2 N–H and O–H groups in total. The van der Waals surface area contributed by atoms with Crippen molar-refractivity contribution in [1.82, 2.24) is 5.32 Å². The van der Waals surface area contributed by atoms with Gasteiger partial charge < -0.3 is 14.8 Å². The van der Waals surface area contributed by atoms with Crippen LogP contribution in [0.5, 0.6) is 11.5 Å². The largest absolute Gasteiger partial charge is 0.496 e. The fourth-order valence-corrected chi connectivity index (χ4v) is 2.40. The third-order valence-electron chi connectivity index (χ3n) is 3.49. The number of nitrogens with one attached hydrogen (secondary N) is 2. The predicted octanol–water partition coefficient (Wildman–Crippen LogP) is 4.26. The highest BCUT2D eigenvalue weighted by Gasteiger charge is 2.04. The third kappa shape index (κ3) is 7.11. The Bertz CT molecular complexity index is 801. The maximum Gasteiger partial charge on any atom is 0.250 e. The molecule has 0 unspecified atom stereocenters. The highest BCUT2D eigenvalue weighted by molar-refractivity contribution is 7.80. The van der Waals surface area contributed by atoms with Gasteiger partial charge >= 0.3 is 0 Å². The molecule has 0 fully saturated rings. The number of hydrogen-bond donors (Lipinski definition) is 2. The number of para-hydroxylation sites is 1. The fraction of sp³-hybridized carbons (Fsp3) is 0.238. The first kappa shape index (κ1) is 20.5. The molecule has 0 aliphatic rings. The quantitative estimate of drug-likeness (QED) is 0.552. The molecule has 142 valence electrons. The van der Waals surface area contributed by atoms with Gasteiger partial charge in [-0.1, -0.05) is 32.0 Å². The molecule has 1 amide bonds. The number of carbonyl (C=O) groups is 1. The van der Waals surface area contributed by atoms with Crippen molar-refractivity contribution in [3.05, 3.63) is 60.2 Å². The van der Waals surface area contributed by atoms with Crippen LogP contribution < -0.4 is 20.1 Å². The van der Waals surface area contributed by atoms with Crippen LogP contribution in [0, 0.1) is 5.92 Å². The predicted molar refractivity (Wildman–Crippen MR) is 113 cm³/mol. The van der Waals surface area contributed by atoms with E-state index in [2.05, 4.69) is 24.5 Å². The highest BCUT2D eigenvalue weighted by atomic mass is 32.1. The number of benzene rings is 2. The fourth-order valence-electron chi connectivity index (χ4n) is 2.18. The van der Waals surface area contributed by atoms with Gasteiger partial charge in [-0.2, -0.15) is 0 Å². The van der Waals surface area contributed by atoms with E-state index in [1.807, 2.05) is 48.5 Å². The van der Waals surface area contributed by atoms with Gasteiger partial charge in [0.05, 0.1) is 13.7 Å². The molecule has 0 aromatic heterocycles. The summed E-state index contributed by atoms with van der Waals surface area (Å²) in [5.74, 6) is 1.63. The smallest absolute Gasteiger partial charge is 0.250 e. The molecule has 5 nitrogen and oxygen atoms in total. The van der Waals surface area contributed by atoms with Gasteiger partial charge in [-0.15, -0.1) is 0 Å². The van der Waals surface area contributed by atoms with Gasteiger partial charge in [0.15, 0.2) is 5.11 Å². The van der Waals surface area contributed by atoms with E-state index in [1.165, 1.54) is 6.08 Å². The number of hydrogen-bond acceptors (Lipinski definition) is 4. The molecular weight excluding hydrogens is 360 g/mol. The summed E-state index contributed by atoms with van der Waals surface area (Å²) in [7, 11) is 1.59. The van der Waals surface area contributed by atoms with Crippen molar-refractivity contribution in [3.8, 4) is 11.5 Å². The van der Waals surface area contributed by atoms with Crippen LogP contribution in [0.25, 0.3) is 6.08 Å². The highest BCUT2D eigenvalue weighted by Crippen LogP contribution is 2.18. The molecule has 0 aliphatic heterocycles. The lowest BCUT2D eigenvalue weighted by Gasteiger charge is -2.11. The van der Waals surface area contributed by atoms with Crippen LogP contribution in [0.15, 0.2) is 54.6 Å². The minimum absolute atomic E-state index is 0.223. The van der Waals surface area contributed by atoms with Gasteiger partial charge in [-0.25, -0.2) is 0 Å². The normalized spacial score (nSPS) is 10.7. The Balaban J connectivity index is 1.86. The van der Waals surface area contributed by atoms with E-state index in [9.17, 15) is 4.79 Å². The molecule has 0 spiro atoms. The molecule has 2 rings (SSSR count). The first-order valence-corrected chi connectivity index (χ1v) is 9.04. The molecule has 27 heavy (non-hydrogen) atoms. The van der Waals surface area contributed by atoms with E-state index in [0.29, 0.717) is 18.3 Å². The second-order valence-corrected chi connectivity index (χ2v) is 6.66. The lowest BCUT2D eigenvalue weighted by molar-refractivity contribution is -0.115. The van der Waals surface area contributed by atoms with E-state index in [0.717, 1.165) is 17.0 Å². The second kappa shape index (κ2) is 10.3. The standard InChI is InChI=1S/C21H24N2O3S/c1-15(2)14-26-18-11-9-17(10-12-18)22-21(27)23-20(24)13-8-16-6-4-5-7-19(16)25-3/h4-13,15H,14H2,1-3H3,(H2,22,23,24,27)/b13-8+. The summed E-state index contributed by atoms with van der Waals surface area (Å²) in [5.41, 5.74) is 1.58. The van der Waals surface area contributed by atoms with Gasteiger partial charge in [0.1, 0.15) is 11.5 Å². The van der Waals surface area contributed by atoms with Crippen LogP contribution in [0.3, 0.4) is 0 Å². The molecule has 6 heteroatoms. The van der Waals surface area contributed by atoms with Crippen LogP contribution in [-0.2, 0) is 4.79 Å². The van der Waals surface area contributed by atoms with Gasteiger partial charge in [0.25, 0.3) is 0 Å². The van der Waals surface area contributed by atoms with Crippen molar-refractivity contribution in [3.63, 3.8) is 0 Å². The summed E-state index contributed by atoms with van der Waals surface area (Å²) in [5, 5.41) is 5.81. The average molecular weight is 385 g/mol. The maximum absolute atomic E-state index is 12.0. The van der Waals surface area contributed by atoms with Crippen molar-refractivity contribution < 1.29 is 14.3 Å². The summed E-state index contributed by atoms with van der Waals surface area (Å²) < 4.78 is 10.9. The Labute approximate surface area is 165 Å². The lowest BCUT2D eigenvalue weighted by Crippen LogP contribution is -2.32. The lowest BCUT2D eigenvalue weighted by atomic mass is 10.2. The first-order valence-electron chi connectivity index (χ1n) is 8.64. The number of anilines is 1. The summed E-state index contributed by atoms with van der Waals surface area (Å²) in [4.78, 5) is 12.0. The molecule has 0 saturated carbocycles. The van der Waals surface area contributed by atoms with E-state index in [4.69, 9.17) is 21.7 Å². The van der Waals surface area contributed by atoms with Crippen molar-refractivity contribution in [1.29, 1.82) is 0 Å². The molecule has 0 aliphatic carbocycles. The number of rotatable bonds is 7. The van der Waals surface area contributed by atoms with E-state index in [1.54, 1.807) is 13.2 Å². The van der Waals surface area contributed by atoms with E-state index < -0.39 is 0 Å². The zero-order chi connectivity index (χ0) is 19.6. The van der Waals surface area contributed by atoms with Crippen molar-refractivity contribution in [2.24, 2.45) is 5.92 Å². The van der Waals surface area contributed by atoms with Crippen LogP contribution >= 0.6 is 12.2 Å². The third-order valence-corrected chi connectivity index (χ3v) is 3.69. The minimum Gasteiger partial charge on any atom is -0.496 e. The minimum atomic E-state index is -0.324. The molecule has 2 aromatic rings. The molecular formula is C21H24N2O3S. The zero-order valence-electron chi connectivity index (χ0n) is 15.7. The van der Waals surface area contributed by atoms with Gasteiger partial charge in [0.2, 0.25) is 5.91 Å². The molecule has 0 heterocycles. The van der Waals surface area contributed by atoms with E-state index in [-0.39, 0.29) is 11.0 Å². The van der Waals surface area contributed by atoms with Crippen LogP contribution in [-0.4, -0.2) is 24.7 Å². The molecule has 0 atom stereocenters. The number of amides is 1. The monoisotopic (exact) mass is 384 g/mol. The molecule has 0 radical (unpaired) electrons. The Morgan fingerprint density at radius 3 is 2.52 bits per heavy atom. The number of ether oxygens (including phenoxy) is 2. The van der Waals surface area contributed by atoms with E-state index >= 15 is 0 Å². The van der Waals surface area contributed by atoms with Crippen LogP contribution in [0.1, 0.15) is 19.4 Å². The van der Waals surface area contributed by atoms with Crippen LogP contribution in [0.4, 0.5) is 5.69 Å². The zero-order valence-corrected chi connectivity index (χ0v) is 16.5. The Morgan fingerprint density at radius 1 is 1.15 bits per heavy atom. The maximum atomic E-state index is 12.0. The SMILES string of the molecule is COc1ccccc1/C=C/C(=O)NC(=S)Nc1ccc(OCC(C)C)cc1. The van der Waals surface area contributed by atoms with Crippen molar-refractivity contribution >= 4 is 35.0 Å². The first-order chi connectivity index (χ1) is 13.0. The number of methoxy groups -OCH3 is 1. The second-order valence-electron chi connectivity index (χ2n) is 6.25. The molecule has 0 saturated heterocycles. The summed E-state index contributed by atoms with van der Waals surface area (Å²) >= 11 is 5.18. The Kier molecular flexibility index (Phi) is 7.82. The van der Waals surface area contributed by atoms with Gasteiger partial charge in [-0.05, 0) is 54.5 Å². The van der Waals surface area contributed by atoms with Crippen LogP contribution in [0.2, 0.25) is 0 Å².